The molecule has 2 aromatic heterocycles. The molecule has 0 aliphatic carbocycles. The van der Waals surface area contributed by atoms with Crippen LogP contribution in [0, 0.1) is 5.21 Å². The van der Waals surface area contributed by atoms with Crippen molar-refractivity contribution in [3.05, 3.63) is 131 Å². The van der Waals surface area contributed by atoms with Gasteiger partial charge in [-0.25, -0.2) is 4.98 Å². The van der Waals surface area contributed by atoms with Crippen LogP contribution in [0.15, 0.2) is 104 Å². The van der Waals surface area contributed by atoms with E-state index < -0.39 is 30.6 Å². The van der Waals surface area contributed by atoms with Crippen LogP contribution in [0.1, 0.15) is 28.2 Å². The first kappa shape index (κ1) is 28.7. The zero-order chi connectivity index (χ0) is 29.6. The molecule has 5 aromatic rings. The molecule has 0 saturated carbocycles. The van der Waals surface area contributed by atoms with Crippen LogP contribution in [0.5, 0.6) is 11.5 Å². The zero-order valence-corrected chi connectivity index (χ0v) is 22.5. The molecule has 6 nitrogen and oxygen atoms in total. The summed E-state index contributed by atoms with van der Waals surface area (Å²) in [7, 11) is 1.94. The highest BCUT2D eigenvalue weighted by molar-refractivity contribution is 5.83. The molecule has 216 valence electrons. The molecule has 5 rings (SSSR count). The summed E-state index contributed by atoms with van der Waals surface area (Å²) < 4.78 is 61.6. The average Bonchev–Trinajstić information content (AvgIpc) is 2.97. The van der Waals surface area contributed by atoms with E-state index in [4.69, 9.17) is 0 Å². The first-order valence-corrected chi connectivity index (χ1v) is 13.1. The summed E-state index contributed by atoms with van der Waals surface area (Å²) in [6.45, 7) is -5.82. The molecule has 2 heterocycles. The van der Waals surface area contributed by atoms with Gasteiger partial charge in [0.2, 0.25) is 0 Å². The number of aromatic nitrogens is 2. The smallest absolute Gasteiger partial charge is 0.387 e. The number of pyridine rings is 2. The molecule has 0 N–H and O–H groups in total. The second kappa shape index (κ2) is 12.8. The monoisotopic (exact) mass is 577 g/mol. The Morgan fingerprint density at radius 3 is 2.14 bits per heavy atom. The van der Waals surface area contributed by atoms with Crippen molar-refractivity contribution in [2.24, 2.45) is 0 Å². The van der Waals surface area contributed by atoms with Crippen molar-refractivity contribution in [1.29, 1.82) is 0 Å². The van der Waals surface area contributed by atoms with Crippen molar-refractivity contribution in [1.82, 2.24) is 4.98 Å². The highest BCUT2D eigenvalue weighted by Crippen LogP contribution is 2.37. The molecule has 0 spiro atoms. The zero-order valence-electron chi connectivity index (χ0n) is 22.5. The van der Waals surface area contributed by atoms with E-state index in [1.54, 1.807) is 18.3 Å². The van der Waals surface area contributed by atoms with Crippen molar-refractivity contribution >= 4 is 16.6 Å². The summed E-state index contributed by atoms with van der Waals surface area (Å²) in [5.41, 5.74) is 3.19. The standard InChI is InChI=1S/C32H27F4N3O3/c1-38(20-22-6-7-23-4-2-3-5-24(23)16-22)30-11-9-26(19-37-30)27(17-21-12-14-39(40)15-13-21)25-8-10-28(41-31(33)34)29(18-25)42-32(35)36/h2-16,18-19,27,31-32H,17,20H2,1H3. The van der Waals surface area contributed by atoms with Gasteiger partial charge in [-0.1, -0.05) is 48.5 Å². The SMILES string of the molecule is CN(Cc1ccc2ccccc2c1)c1ccc(C(Cc2cc[n+]([O-])cc2)c2ccc(OC(F)F)c(OC(F)F)c2)cn1. The van der Waals surface area contributed by atoms with Crippen LogP contribution in [-0.2, 0) is 13.0 Å². The molecule has 10 heteroatoms. The minimum atomic E-state index is -3.24. The molecule has 3 aromatic carbocycles. The van der Waals surface area contributed by atoms with E-state index in [0.717, 1.165) is 33.3 Å². The van der Waals surface area contributed by atoms with Gasteiger partial charge in [0, 0.05) is 37.8 Å². The van der Waals surface area contributed by atoms with Gasteiger partial charge in [-0.3, -0.25) is 0 Å². The third-order valence-corrected chi connectivity index (χ3v) is 6.91. The third kappa shape index (κ3) is 7.06. The molecule has 0 aliphatic heterocycles. The van der Waals surface area contributed by atoms with Crippen LogP contribution < -0.4 is 19.1 Å². The molecule has 0 amide bonds. The highest BCUT2D eigenvalue weighted by Gasteiger charge is 2.22. The summed E-state index contributed by atoms with van der Waals surface area (Å²) in [5.74, 6) is -0.706. The predicted molar refractivity (Wildman–Crippen MR) is 151 cm³/mol. The van der Waals surface area contributed by atoms with Crippen LogP contribution in [0.2, 0.25) is 0 Å². The molecule has 0 saturated heterocycles. The minimum absolute atomic E-state index is 0.373. The Hall–Kier alpha value is -4.86. The lowest BCUT2D eigenvalue weighted by atomic mass is 9.86. The molecule has 1 unspecified atom stereocenters. The lowest BCUT2D eigenvalue weighted by Gasteiger charge is -2.22. The average molecular weight is 578 g/mol. The van der Waals surface area contributed by atoms with E-state index in [1.807, 2.05) is 36.2 Å². The fourth-order valence-electron chi connectivity index (χ4n) is 4.89. The summed E-state index contributed by atoms with van der Waals surface area (Å²) >= 11 is 0. The van der Waals surface area contributed by atoms with Crippen LogP contribution in [-0.4, -0.2) is 25.3 Å². The Bertz CT molecular complexity index is 1630. The van der Waals surface area contributed by atoms with Gasteiger partial charge in [-0.05, 0) is 63.7 Å². The predicted octanol–water partition coefficient (Wildman–Crippen LogP) is 7.08. The molecule has 0 fully saturated rings. The normalized spacial score (nSPS) is 12.1. The lowest BCUT2D eigenvalue weighted by Crippen LogP contribution is -2.24. The number of anilines is 1. The number of benzene rings is 3. The molecule has 0 radical (unpaired) electrons. The Morgan fingerprint density at radius 1 is 0.762 bits per heavy atom. The molecule has 42 heavy (non-hydrogen) atoms. The highest BCUT2D eigenvalue weighted by atomic mass is 19.3. The number of nitrogens with zero attached hydrogens (tertiary/aromatic N) is 3. The second-order valence-corrected chi connectivity index (χ2v) is 9.77. The van der Waals surface area contributed by atoms with Crippen LogP contribution in [0.3, 0.4) is 0 Å². The number of ether oxygens (including phenoxy) is 2. The largest absolute Gasteiger partial charge is 0.619 e. The van der Waals surface area contributed by atoms with Crippen molar-refractivity contribution in [3.63, 3.8) is 0 Å². The van der Waals surface area contributed by atoms with E-state index in [0.29, 0.717) is 23.3 Å². The van der Waals surface area contributed by atoms with Crippen molar-refractivity contribution in [2.75, 3.05) is 11.9 Å². The lowest BCUT2D eigenvalue weighted by molar-refractivity contribution is -0.605. The number of rotatable bonds is 11. The van der Waals surface area contributed by atoms with Crippen molar-refractivity contribution < 1.29 is 31.8 Å². The number of fused-ring (bicyclic) bond motifs is 1. The maximum atomic E-state index is 13.1. The Morgan fingerprint density at radius 2 is 1.45 bits per heavy atom. The van der Waals surface area contributed by atoms with Gasteiger partial charge in [0.15, 0.2) is 23.9 Å². The Labute approximate surface area is 240 Å². The Balaban J connectivity index is 1.43. The summed E-state index contributed by atoms with van der Waals surface area (Å²) in [5, 5.41) is 13.9. The van der Waals surface area contributed by atoms with Gasteiger partial charge in [0.1, 0.15) is 5.82 Å². The minimum Gasteiger partial charge on any atom is -0.619 e. The van der Waals surface area contributed by atoms with Gasteiger partial charge in [0.05, 0.1) is 0 Å². The molecular weight excluding hydrogens is 550 g/mol. The first-order valence-electron chi connectivity index (χ1n) is 13.1. The fraction of sp³-hybridized carbons (Fsp3) is 0.188. The van der Waals surface area contributed by atoms with Gasteiger partial charge in [-0.15, -0.1) is 0 Å². The molecule has 1 atom stereocenters. The molecule has 0 aliphatic rings. The first-order chi connectivity index (χ1) is 20.2. The summed E-state index contributed by atoms with van der Waals surface area (Å²) in [6, 6.07) is 25.5. The van der Waals surface area contributed by atoms with Crippen LogP contribution in [0.25, 0.3) is 10.8 Å². The van der Waals surface area contributed by atoms with E-state index in [2.05, 4.69) is 44.8 Å². The second-order valence-electron chi connectivity index (χ2n) is 9.77. The number of hydrogen-bond donors (Lipinski definition) is 0. The number of halogens is 4. The third-order valence-electron chi connectivity index (χ3n) is 6.91. The van der Waals surface area contributed by atoms with E-state index in [-0.39, 0.29) is 0 Å². The summed E-state index contributed by atoms with van der Waals surface area (Å²) in [4.78, 5) is 6.68. The quantitative estimate of drug-likeness (QED) is 0.0954. The van der Waals surface area contributed by atoms with E-state index >= 15 is 0 Å². The van der Waals surface area contributed by atoms with Crippen molar-refractivity contribution in [3.8, 4) is 11.5 Å². The van der Waals surface area contributed by atoms with E-state index in [1.165, 1.54) is 30.6 Å². The maximum absolute atomic E-state index is 13.1. The van der Waals surface area contributed by atoms with Crippen LogP contribution in [0.4, 0.5) is 23.4 Å². The fourth-order valence-corrected chi connectivity index (χ4v) is 4.89. The molecule has 0 bridgehead atoms. The van der Waals surface area contributed by atoms with Gasteiger partial charge >= 0.3 is 13.2 Å². The number of hydrogen-bond acceptors (Lipinski definition) is 5. The van der Waals surface area contributed by atoms with Crippen LogP contribution >= 0.6 is 0 Å². The van der Waals surface area contributed by atoms with Gasteiger partial charge in [-0.2, -0.15) is 22.3 Å². The molecular formula is C32H27F4N3O3. The topological polar surface area (TPSA) is 61.5 Å². The summed E-state index contributed by atoms with van der Waals surface area (Å²) in [6.07, 6.45) is 4.80. The van der Waals surface area contributed by atoms with Gasteiger partial charge in [0.25, 0.3) is 0 Å². The maximum Gasteiger partial charge on any atom is 0.387 e. The Kier molecular flexibility index (Phi) is 8.71. The number of alkyl halides is 4. The van der Waals surface area contributed by atoms with E-state index in [9.17, 15) is 22.8 Å². The van der Waals surface area contributed by atoms with Gasteiger partial charge < -0.3 is 19.6 Å². The van der Waals surface area contributed by atoms with Crippen molar-refractivity contribution in [2.45, 2.75) is 32.1 Å².